The van der Waals surface area contributed by atoms with E-state index in [0.29, 0.717) is 6.04 Å². The lowest BCUT2D eigenvalue weighted by atomic mass is 9.98. The summed E-state index contributed by atoms with van der Waals surface area (Å²) in [6.45, 7) is 2.03. The van der Waals surface area contributed by atoms with Crippen LogP contribution in [0, 0.1) is 6.92 Å². The summed E-state index contributed by atoms with van der Waals surface area (Å²) < 4.78 is 0. The first kappa shape index (κ1) is 11.3. The second-order valence-corrected chi connectivity index (χ2v) is 6.30. The lowest BCUT2D eigenvalue weighted by Gasteiger charge is -2.19. The van der Waals surface area contributed by atoms with Crippen molar-refractivity contribution in [2.75, 3.05) is 7.05 Å². The average molecular weight is 265 g/mol. The van der Waals surface area contributed by atoms with Gasteiger partial charge in [-0.15, -0.1) is 22.7 Å². The maximum Gasteiger partial charge on any atom is 0.152 e. The summed E-state index contributed by atoms with van der Waals surface area (Å²) in [7, 11) is 2.02. The predicted molar refractivity (Wildman–Crippen MR) is 72.7 cm³/mol. The number of thiazole rings is 2. The fourth-order valence-electron chi connectivity index (χ4n) is 2.24. The SMILES string of the molecule is CNC1CCCc2sc(-c3nc(C)cs3)nc21. The highest BCUT2D eigenvalue weighted by Crippen LogP contribution is 2.37. The molecule has 2 heterocycles. The number of aryl methyl sites for hydroxylation is 2. The Morgan fingerprint density at radius 3 is 2.94 bits per heavy atom. The van der Waals surface area contributed by atoms with Crippen molar-refractivity contribution in [3.63, 3.8) is 0 Å². The van der Waals surface area contributed by atoms with Gasteiger partial charge in [-0.25, -0.2) is 9.97 Å². The molecule has 0 saturated carbocycles. The quantitative estimate of drug-likeness (QED) is 0.906. The Morgan fingerprint density at radius 2 is 2.24 bits per heavy atom. The molecule has 3 nitrogen and oxygen atoms in total. The molecule has 90 valence electrons. The summed E-state index contributed by atoms with van der Waals surface area (Å²) in [4.78, 5) is 10.8. The van der Waals surface area contributed by atoms with Crippen LogP contribution in [0.1, 0.15) is 35.1 Å². The number of nitrogens with one attached hydrogen (secondary N) is 1. The van der Waals surface area contributed by atoms with E-state index in [-0.39, 0.29) is 0 Å². The van der Waals surface area contributed by atoms with E-state index in [1.54, 1.807) is 11.3 Å². The highest BCUT2D eigenvalue weighted by Gasteiger charge is 2.24. The van der Waals surface area contributed by atoms with Crippen LogP contribution < -0.4 is 5.32 Å². The summed E-state index contributed by atoms with van der Waals surface area (Å²) in [5.74, 6) is 0. The number of aromatic nitrogens is 2. The van der Waals surface area contributed by atoms with E-state index in [1.165, 1.54) is 29.8 Å². The number of nitrogens with zero attached hydrogens (tertiary/aromatic N) is 2. The molecular weight excluding hydrogens is 250 g/mol. The van der Waals surface area contributed by atoms with E-state index in [0.717, 1.165) is 15.7 Å². The van der Waals surface area contributed by atoms with Gasteiger partial charge in [0.25, 0.3) is 0 Å². The van der Waals surface area contributed by atoms with Gasteiger partial charge >= 0.3 is 0 Å². The molecule has 0 fully saturated rings. The maximum absolute atomic E-state index is 4.79. The molecule has 1 aliphatic carbocycles. The van der Waals surface area contributed by atoms with Crippen LogP contribution in [0.5, 0.6) is 0 Å². The van der Waals surface area contributed by atoms with Crippen molar-refractivity contribution in [1.29, 1.82) is 0 Å². The van der Waals surface area contributed by atoms with Crippen LogP contribution in [0.3, 0.4) is 0 Å². The van der Waals surface area contributed by atoms with Crippen LogP contribution >= 0.6 is 22.7 Å². The normalized spacial score (nSPS) is 19.3. The molecule has 5 heteroatoms. The molecule has 2 aromatic rings. The van der Waals surface area contributed by atoms with Crippen molar-refractivity contribution in [2.45, 2.75) is 32.2 Å². The molecule has 2 aromatic heterocycles. The van der Waals surface area contributed by atoms with E-state index in [2.05, 4.69) is 15.7 Å². The first-order chi connectivity index (χ1) is 8.28. The number of rotatable bonds is 2. The van der Waals surface area contributed by atoms with E-state index in [4.69, 9.17) is 4.98 Å². The molecule has 1 aliphatic rings. The molecule has 0 saturated heterocycles. The zero-order valence-electron chi connectivity index (χ0n) is 9.99. The van der Waals surface area contributed by atoms with Crippen molar-refractivity contribution >= 4 is 22.7 Å². The van der Waals surface area contributed by atoms with Gasteiger partial charge in [-0.1, -0.05) is 0 Å². The third-order valence-corrected chi connectivity index (χ3v) is 5.34. The van der Waals surface area contributed by atoms with Crippen molar-refractivity contribution < 1.29 is 0 Å². The van der Waals surface area contributed by atoms with Gasteiger partial charge in [0.05, 0.1) is 11.7 Å². The van der Waals surface area contributed by atoms with Crippen LogP contribution in [0.15, 0.2) is 5.38 Å². The summed E-state index contributed by atoms with van der Waals surface area (Å²) >= 11 is 3.51. The molecule has 1 unspecified atom stereocenters. The Kier molecular flexibility index (Phi) is 2.98. The van der Waals surface area contributed by atoms with Crippen LogP contribution in [0.4, 0.5) is 0 Å². The van der Waals surface area contributed by atoms with Crippen LogP contribution in [-0.2, 0) is 6.42 Å². The van der Waals surface area contributed by atoms with E-state index < -0.39 is 0 Å². The van der Waals surface area contributed by atoms with Crippen LogP contribution in [0.25, 0.3) is 10.0 Å². The van der Waals surface area contributed by atoms with Gasteiger partial charge in [-0.05, 0) is 33.2 Å². The fourth-order valence-corrected chi connectivity index (χ4v) is 4.24. The summed E-state index contributed by atoms with van der Waals surface area (Å²) in [6.07, 6.45) is 3.64. The molecule has 1 atom stereocenters. The Balaban J connectivity index is 2.01. The van der Waals surface area contributed by atoms with Gasteiger partial charge in [0.1, 0.15) is 0 Å². The smallest absolute Gasteiger partial charge is 0.152 e. The van der Waals surface area contributed by atoms with Crippen LogP contribution in [-0.4, -0.2) is 17.0 Å². The molecule has 0 amide bonds. The monoisotopic (exact) mass is 265 g/mol. The van der Waals surface area contributed by atoms with Crippen molar-refractivity contribution in [3.8, 4) is 10.0 Å². The third kappa shape index (κ3) is 2.03. The first-order valence-corrected chi connectivity index (χ1v) is 7.57. The Labute approximate surface area is 109 Å². The summed E-state index contributed by atoms with van der Waals surface area (Å²) in [5, 5.41) is 7.61. The van der Waals surface area contributed by atoms with Gasteiger partial charge in [0.2, 0.25) is 0 Å². The molecule has 17 heavy (non-hydrogen) atoms. The van der Waals surface area contributed by atoms with Crippen molar-refractivity contribution in [2.24, 2.45) is 0 Å². The van der Waals surface area contributed by atoms with Crippen LogP contribution in [0.2, 0.25) is 0 Å². The zero-order valence-corrected chi connectivity index (χ0v) is 11.6. The third-order valence-electron chi connectivity index (χ3n) is 3.10. The number of hydrogen-bond acceptors (Lipinski definition) is 5. The molecule has 1 N–H and O–H groups in total. The Bertz CT molecular complexity index is 530. The Hall–Kier alpha value is -0.780. The van der Waals surface area contributed by atoms with Gasteiger partial charge < -0.3 is 5.32 Å². The lowest BCUT2D eigenvalue weighted by Crippen LogP contribution is -2.21. The lowest BCUT2D eigenvalue weighted by molar-refractivity contribution is 0.490. The fraction of sp³-hybridized carbons (Fsp3) is 0.500. The molecular formula is C12H15N3S2. The van der Waals surface area contributed by atoms with E-state index in [1.807, 2.05) is 25.3 Å². The van der Waals surface area contributed by atoms with E-state index >= 15 is 0 Å². The standard InChI is InChI=1S/C12H15N3S2/c1-7-6-16-11(14-7)12-15-10-8(13-2)4-3-5-9(10)17-12/h6,8,13H,3-5H2,1-2H3. The number of hydrogen-bond donors (Lipinski definition) is 1. The topological polar surface area (TPSA) is 37.8 Å². The van der Waals surface area contributed by atoms with Crippen molar-refractivity contribution in [3.05, 3.63) is 21.6 Å². The maximum atomic E-state index is 4.79. The minimum absolute atomic E-state index is 0.435. The van der Waals surface area contributed by atoms with Crippen molar-refractivity contribution in [1.82, 2.24) is 15.3 Å². The summed E-state index contributed by atoms with van der Waals surface area (Å²) in [6, 6.07) is 0.435. The predicted octanol–water partition coefficient (Wildman–Crippen LogP) is 3.17. The van der Waals surface area contributed by atoms with Gasteiger partial charge in [0, 0.05) is 16.0 Å². The molecule has 0 spiro atoms. The minimum Gasteiger partial charge on any atom is -0.312 e. The Morgan fingerprint density at radius 1 is 1.35 bits per heavy atom. The zero-order chi connectivity index (χ0) is 11.8. The molecule has 0 bridgehead atoms. The summed E-state index contributed by atoms with van der Waals surface area (Å²) in [5.41, 5.74) is 2.34. The molecule has 3 rings (SSSR count). The molecule has 0 aromatic carbocycles. The second kappa shape index (κ2) is 4.48. The largest absolute Gasteiger partial charge is 0.312 e. The highest BCUT2D eigenvalue weighted by atomic mass is 32.1. The average Bonchev–Trinajstić information content (AvgIpc) is 2.93. The number of fused-ring (bicyclic) bond motifs is 1. The second-order valence-electron chi connectivity index (χ2n) is 4.35. The first-order valence-electron chi connectivity index (χ1n) is 5.87. The highest BCUT2D eigenvalue weighted by molar-refractivity contribution is 7.20. The van der Waals surface area contributed by atoms with Gasteiger partial charge in [-0.3, -0.25) is 0 Å². The van der Waals surface area contributed by atoms with E-state index in [9.17, 15) is 0 Å². The minimum atomic E-state index is 0.435. The molecule has 0 aliphatic heterocycles. The van der Waals surface area contributed by atoms with Gasteiger partial charge in [-0.2, -0.15) is 0 Å². The molecule has 0 radical (unpaired) electrons. The van der Waals surface area contributed by atoms with Gasteiger partial charge in [0.15, 0.2) is 10.0 Å².